The van der Waals surface area contributed by atoms with Crippen molar-refractivity contribution in [2.24, 2.45) is 5.92 Å². The predicted molar refractivity (Wildman–Crippen MR) is 267 cm³/mol. The first-order chi connectivity index (χ1) is 34.4. The van der Waals surface area contributed by atoms with E-state index in [1.54, 1.807) is 44.5 Å². The summed E-state index contributed by atoms with van der Waals surface area (Å²) < 4.78 is 53.4. The van der Waals surface area contributed by atoms with Gasteiger partial charge in [-0.15, -0.1) is 0 Å². The third-order valence-electron chi connectivity index (χ3n) is 13.4. The van der Waals surface area contributed by atoms with Crippen LogP contribution in [0.5, 0.6) is 0 Å². The molecule has 18 heteroatoms. The summed E-state index contributed by atoms with van der Waals surface area (Å²) in [6, 6.07) is 15.2. The molecule has 0 saturated carbocycles. The fourth-order valence-corrected chi connectivity index (χ4v) is 8.71. The largest absolute Gasteiger partial charge is 0.471 e. The van der Waals surface area contributed by atoms with Crippen molar-refractivity contribution in [1.29, 1.82) is 0 Å². The van der Waals surface area contributed by atoms with E-state index in [9.17, 15) is 41.9 Å². The van der Waals surface area contributed by atoms with E-state index in [0.29, 0.717) is 58.2 Å². The summed E-state index contributed by atoms with van der Waals surface area (Å²) >= 11 is 0. The topological polar surface area (TPSA) is 170 Å². The van der Waals surface area contributed by atoms with Crippen LogP contribution in [0.15, 0.2) is 60.7 Å². The molecule has 2 saturated heterocycles. The molecule has 394 valence electrons. The number of aryl methyl sites for hydroxylation is 1. The van der Waals surface area contributed by atoms with E-state index in [1.807, 2.05) is 67.6 Å². The Bertz CT molecular complexity index is 2210. The Morgan fingerprint density at radius 3 is 1.64 bits per heavy atom. The molecular weight excluding hydrogens is 932 g/mol. The van der Waals surface area contributed by atoms with Crippen LogP contribution in [-0.2, 0) is 51.1 Å². The lowest BCUT2D eigenvalue weighted by Gasteiger charge is -2.35. The molecule has 2 aliphatic heterocycles. The molecule has 72 heavy (non-hydrogen) atoms. The van der Waals surface area contributed by atoms with Crippen LogP contribution < -0.4 is 16.0 Å². The zero-order chi connectivity index (χ0) is 52.8. The van der Waals surface area contributed by atoms with Gasteiger partial charge in [-0.1, -0.05) is 86.4 Å². The molecule has 2 fully saturated rings. The van der Waals surface area contributed by atoms with Gasteiger partial charge in [-0.2, -0.15) is 13.2 Å². The van der Waals surface area contributed by atoms with E-state index in [4.69, 9.17) is 9.47 Å². The van der Waals surface area contributed by atoms with E-state index < -0.39 is 60.3 Å². The Balaban J connectivity index is 1.38. The van der Waals surface area contributed by atoms with Crippen LogP contribution in [0.3, 0.4) is 0 Å². The van der Waals surface area contributed by atoms with Crippen LogP contribution in [0, 0.1) is 29.6 Å². The fourth-order valence-electron chi connectivity index (χ4n) is 8.71. The third kappa shape index (κ3) is 18.3. The number of carbonyl (C=O) groups is 6. The maximum atomic E-state index is 14.3. The number of rotatable bonds is 25. The zero-order valence-electron chi connectivity index (χ0n) is 42.9. The number of amides is 6. The molecule has 0 aromatic heterocycles. The summed E-state index contributed by atoms with van der Waals surface area (Å²) in [4.78, 5) is 85.8. The lowest BCUT2D eigenvalue weighted by atomic mass is 10.1. The first-order valence-corrected chi connectivity index (χ1v) is 25.1. The standard InChI is InChI=1S/C54H74F3N7O8/c1-8-38(2)49(66)59-47(51(68)63-31-20-27-45(63)36-61(42(6)65)33-29-44-24-15-12-16-25-44)40(4)71-34-17-9-10-18-35-72-41(5)48(60-50(67)39(3)58-7)52(69)64-32-21-28-46(64)37-62(53(70)54(55,56)57)30-19-26-43-22-13-11-14-23-43/h11-16,22-25,38-41,45-48,58H,8,19-21,26-37H2,1-7H3,(H,59,66)(H,60,67)/t38-,39+,40-,41-,45+,46+,47?,48+/m1/s1. The maximum Gasteiger partial charge on any atom is 0.471 e. The van der Waals surface area contributed by atoms with Gasteiger partial charge in [-0.05, 0) is 102 Å². The Labute approximate surface area is 423 Å². The number of nitrogens with zero attached hydrogens (tertiary/aromatic N) is 4. The predicted octanol–water partition coefficient (Wildman–Crippen LogP) is 4.52. The van der Waals surface area contributed by atoms with Crippen LogP contribution in [-0.4, -0.2) is 163 Å². The lowest BCUT2D eigenvalue weighted by Crippen LogP contribution is -2.59. The molecule has 2 aromatic carbocycles. The number of carbonyl (C=O) groups excluding carboxylic acids is 6. The number of benzene rings is 2. The van der Waals surface area contributed by atoms with Gasteiger partial charge in [0.2, 0.25) is 29.5 Å². The molecule has 6 amide bonds. The van der Waals surface area contributed by atoms with Crippen molar-refractivity contribution in [3.8, 4) is 23.7 Å². The monoisotopic (exact) mass is 1010 g/mol. The Kier molecular flexibility index (Phi) is 24.0. The quantitative estimate of drug-likeness (QED) is 0.121. The van der Waals surface area contributed by atoms with Gasteiger partial charge in [0.15, 0.2) is 0 Å². The van der Waals surface area contributed by atoms with E-state index in [1.165, 1.54) is 11.8 Å². The van der Waals surface area contributed by atoms with Gasteiger partial charge < -0.3 is 45.0 Å². The molecule has 8 atom stereocenters. The molecule has 2 aromatic rings. The van der Waals surface area contributed by atoms with Crippen molar-refractivity contribution in [1.82, 2.24) is 35.6 Å². The number of alkyl halides is 3. The average Bonchev–Trinajstić information content (AvgIpc) is 4.05. The first-order valence-electron chi connectivity index (χ1n) is 25.1. The van der Waals surface area contributed by atoms with Gasteiger partial charge in [0.05, 0.1) is 18.2 Å². The van der Waals surface area contributed by atoms with E-state index in [2.05, 4.69) is 39.6 Å². The minimum absolute atomic E-state index is 0.0820. The van der Waals surface area contributed by atoms with Crippen molar-refractivity contribution in [2.45, 2.75) is 142 Å². The van der Waals surface area contributed by atoms with Crippen molar-refractivity contribution < 1.29 is 51.4 Å². The highest BCUT2D eigenvalue weighted by molar-refractivity contribution is 5.91. The number of hydrogen-bond donors (Lipinski definition) is 3. The smallest absolute Gasteiger partial charge is 0.363 e. The third-order valence-corrected chi connectivity index (χ3v) is 13.4. The highest BCUT2D eigenvalue weighted by Gasteiger charge is 2.45. The minimum atomic E-state index is -5.10. The fraction of sp³-hybridized carbons (Fsp3) is 0.593. The van der Waals surface area contributed by atoms with Gasteiger partial charge in [0, 0.05) is 64.2 Å². The molecule has 2 heterocycles. The maximum absolute atomic E-state index is 14.3. The molecule has 0 radical (unpaired) electrons. The normalized spacial score (nSPS) is 18.0. The second-order valence-electron chi connectivity index (χ2n) is 18.6. The van der Waals surface area contributed by atoms with Gasteiger partial charge in [-0.3, -0.25) is 28.8 Å². The molecule has 0 aliphatic carbocycles. The van der Waals surface area contributed by atoms with Crippen LogP contribution in [0.1, 0.15) is 91.2 Å². The molecule has 3 N–H and O–H groups in total. The summed E-state index contributed by atoms with van der Waals surface area (Å²) in [5, 5.41) is 8.48. The molecule has 1 unspecified atom stereocenters. The number of hydrogen-bond acceptors (Lipinski definition) is 9. The van der Waals surface area contributed by atoms with Crippen molar-refractivity contribution >= 4 is 35.4 Å². The Morgan fingerprint density at radius 1 is 0.708 bits per heavy atom. The summed E-state index contributed by atoms with van der Waals surface area (Å²) in [6.45, 7) is 10.8. The zero-order valence-corrected chi connectivity index (χ0v) is 42.9. The Hall–Kier alpha value is -5.95. The number of ether oxygens (including phenoxy) is 2. The lowest BCUT2D eigenvalue weighted by molar-refractivity contribution is -0.186. The van der Waals surface area contributed by atoms with Crippen LogP contribution in [0.4, 0.5) is 13.2 Å². The summed E-state index contributed by atoms with van der Waals surface area (Å²) in [6.07, 6.45) is -2.50. The summed E-state index contributed by atoms with van der Waals surface area (Å²) in [7, 11) is 1.58. The molecule has 0 spiro atoms. The number of likely N-dealkylation sites (tertiary alicyclic amines) is 2. The van der Waals surface area contributed by atoms with Gasteiger partial charge >= 0.3 is 12.1 Å². The first kappa shape index (κ1) is 58.6. The number of likely N-dealkylation sites (N-methyl/N-ethyl adjacent to an activating group) is 1. The SMILES string of the molecule is CC[C@@H](C)C(=O)NC(C(=O)N1CCC[C@H]1CN(CCc1ccccc1)C(C)=O)[C@@H](C)OCC#CC#CCO[C@H](C)[C@H](NC(=O)[C@H](C)NC)C(=O)N1CCC[C@H]1CN(CCCc1ccccc1)C(=O)C(F)(F)F. The van der Waals surface area contributed by atoms with Gasteiger partial charge in [0.25, 0.3) is 0 Å². The van der Waals surface area contributed by atoms with E-state index >= 15 is 0 Å². The number of nitrogens with one attached hydrogen (secondary N) is 3. The second kappa shape index (κ2) is 29.5. The molecular formula is C54H74F3N7O8. The molecule has 2 aliphatic rings. The summed E-state index contributed by atoms with van der Waals surface area (Å²) in [5.41, 5.74) is 2.03. The Morgan fingerprint density at radius 2 is 1.18 bits per heavy atom. The van der Waals surface area contributed by atoms with Crippen LogP contribution in [0.25, 0.3) is 0 Å². The van der Waals surface area contributed by atoms with Crippen LogP contribution >= 0.6 is 0 Å². The number of halogens is 3. The second-order valence-corrected chi connectivity index (χ2v) is 18.6. The summed E-state index contributed by atoms with van der Waals surface area (Å²) in [5.74, 6) is 6.90. The van der Waals surface area contributed by atoms with Gasteiger partial charge in [-0.25, -0.2) is 0 Å². The van der Waals surface area contributed by atoms with Crippen molar-refractivity contribution in [2.75, 3.05) is 59.5 Å². The highest BCUT2D eigenvalue weighted by atomic mass is 19.4. The van der Waals surface area contributed by atoms with Crippen molar-refractivity contribution in [3.05, 3.63) is 71.8 Å². The van der Waals surface area contributed by atoms with E-state index in [0.717, 1.165) is 22.4 Å². The average molecular weight is 1010 g/mol. The van der Waals surface area contributed by atoms with Crippen LogP contribution in [0.2, 0.25) is 0 Å². The van der Waals surface area contributed by atoms with Gasteiger partial charge in [0.1, 0.15) is 25.3 Å². The molecule has 15 nitrogen and oxygen atoms in total. The van der Waals surface area contributed by atoms with E-state index in [-0.39, 0.29) is 69.0 Å². The molecule has 4 rings (SSSR count). The van der Waals surface area contributed by atoms with Crippen molar-refractivity contribution in [3.63, 3.8) is 0 Å². The minimum Gasteiger partial charge on any atom is -0.363 e. The highest BCUT2D eigenvalue weighted by Crippen LogP contribution is 2.26. The molecule has 0 bridgehead atoms.